The van der Waals surface area contributed by atoms with Crippen LogP contribution in [-0.2, 0) is 4.79 Å². The van der Waals surface area contributed by atoms with Gasteiger partial charge < -0.3 is 20.1 Å². The third-order valence-corrected chi connectivity index (χ3v) is 4.95. The van der Waals surface area contributed by atoms with Gasteiger partial charge in [-0.25, -0.2) is 0 Å². The molecule has 0 bridgehead atoms. The van der Waals surface area contributed by atoms with E-state index in [0.717, 1.165) is 5.56 Å². The highest BCUT2D eigenvalue weighted by Gasteiger charge is 2.27. The molecule has 29 heavy (non-hydrogen) atoms. The Morgan fingerprint density at radius 2 is 1.66 bits per heavy atom. The van der Waals surface area contributed by atoms with E-state index in [9.17, 15) is 9.59 Å². The van der Waals surface area contributed by atoms with Gasteiger partial charge in [-0.1, -0.05) is 37.6 Å². The van der Waals surface area contributed by atoms with Gasteiger partial charge in [-0.3, -0.25) is 9.59 Å². The summed E-state index contributed by atoms with van der Waals surface area (Å²) < 4.78 is 10.7. The summed E-state index contributed by atoms with van der Waals surface area (Å²) in [6.45, 7) is 5.59. The third kappa shape index (κ3) is 5.64. The number of amides is 2. The van der Waals surface area contributed by atoms with Gasteiger partial charge in [-0.2, -0.15) is 0 Å². The minimum atomic E-state index is -0.724. The zero-order chi connectivity index (χ0) is 21.6. The smallest absolute Gasteiger partial charge is 0.253 e. The van der Waals surface area contributed by atoms with Crippen molar-refractivity contribution in [2.75, 3.05) is 14.2 Å². The number of hydrogen-bond acceptors (Lipinski definition) is 4. The molecule has 7 heteroatoms. The first-order valence-electron chi connectivity index (χ1n) is 9.36. The Kier molecular flexibility index (Phi) is 7.91. The molecule has 0 radical (unpaired) electrons. The van der Waals surface area contributed by atoms with Crippen molar-refractivity contribution < 1.29 is 19.1 Å². The van der Waals surface area contributed by atoms with E-state index in [0.29, 0.717) is 22.1 Å². The minimum Gasteiger partial charge on any atom is -0.497 e. The van der Waals surface area contributed by atoms with E-state index >= 15 is 0 Å². The van der Waals surface area contributed by atoms with Crippen LogP contribution < -0.4 is 20.1 Å². The van der Waals surface area contributed by atoms with Crippen molar-refractivity contribution in [1.29, 1.82) is 0 Å². The number of carbonyl (C=O) groups excluding carboxylic acids is 2. The first kappa shape index (κ1) is 22.6. The standard InChI is InChI=1S/C22H27ClN2O4/c1-13(2)20(25-21(26)16-8-6-7-9-18(16)23)22(27)24-14(3)17-12-15(28-4)10-11-19(17)29-5/h6-14,20H,1-5H3,(H,24,27)(H,25,26). The van der Waals surface area contributed by atoms with Crippen LogP contribution in [0.1, 0.15) is 42.7 Å². The molecule has 2 amide bonds. The molecule has 0 saturated heterocycles. The van der Waals surface area contributed by atoms with Gasteiger partial charge in [0.25, 0.3) is 5.91 Å². The normalized spacial score (nSPS) is 12.8. The van der Waals surface area contributed by atoms with E-state index in [2.05, 4.69) is 10.6 Å². The molecule has 6 nitrogen and oxygen atoms in total. The van der Waals surface area contributed by atoms with Crippen LogP contribution in [0.2, 0.25) is 5.02 Å². The van der Waals surface area contributed by atoms with Crippen LogP contribution in [0, 0.1) is 5.92 Å². The molecule has 0 aliphatic rings. The lowest BCUT2D eigenvalue weighted by molar-refractivity contribution is -0.124. The van der Waals surface area contributed by atoms with E-state index in [-0.39, 0.29) is 17.9 Å². The summed E-state index contributed by atoms with van der Waals surface area (Å²) in [5.74, 6) is 0.490. The Morgan fingerprint density at radius 3 is 2.24 bits per heavy atom. The molecule has 0 spiro atoms. The fourth-order valence-corrected chi connectivity index (χ4v) is 3.18. The Balaban J connectivity index is 2.17. The van der Waals surface area contributed by atoms with Crippen molar-refractivity contribution in [3.63, 3.8) is 0 Å². The van der Waals surface area contributed by atoms with Crippen molar-refractivity contribution >= 4 is 23.4 Å². The lowest BCUT2D eigenvalue weighted by Crippen LogP contribution is -2.50. The number of methoxy groups -OCH3 is 2. The molecule has 0 saturated carbocycles. The number of hydrogen-bond donors (Lipinski definition) is 2. The quantitative estimate of drug-likeness (QED) is 0.679. The van der Waals surface area contributed by atoms with E-state index in [4.69, 9.17) is 21.1 Å². The number of benzene rings is 2. The summed E-state index contributed by atoms with van der Waals surface area (Å²) >= 11 is 6.10. The maximum absolute atomic E-state index is 12.9. The molecule has 2 unspecified atom stereocenters. The van der Waals surface area contributed by atoms with Crippen LogP contribution in [0.3, 0.4) is 0 Å². The molecule has 0 aliphatic carbocycles. The van der Waals surface area contributed by atoms with Gasteiger partial charge >= 0.3 is 0 Å². The van der Waals surface area contributed by atoms with Crippen molar-refractivity contribution in [1.82, 2.24) is 10.6 Å². The van der Waals surface area contributed by atoms with E-state index in [1.165, 1.54) is 0 Å². The molecule has 2 aromatic carbocycles. The molecular formula is C22H27ClN2O4. The predicted octanol–water partition coefficient (Wildman–Crippen LogP) is 3.99. The fourth-order valence-electron chi connectivity index (χ4n) is 2.96. The molecule has 0 aromatic heterocycles. The maximum Gasteiger partial charge on any atom is 0.253 e. The first-order chi connectivity index (χ1) is 13.8. The lowest BCUT2D eigenvalue weighted by Gasteiger charge is -2.25. The largest absolute Gasteiger partial charge is 0.497 e. The summed E-state index contributed by atoms with van der Waals surface area (Å²) in [4.78, 5) is 25.6. The number of halogens is 1. The highest BCUT2D eigenvalue weighted by molar-refractivity contribution is 6.33. The summed E-state index contributed by atoms with van der Waals surface area (Å²) in [7, 11) is 3.15. The molecular weight excluding hydrogens is 392 g/mol. The Morgan fingerprint density at radius 1 is 0.966 bits per heavy atom. The van der Waals surface area contributed by atoms with Crippen molar-refractivity contribution in [3.8, 4) is 11.5 Å². The summed E-state index contributed by atoms with van der Waals surface area (Å²) in [5.41, 5.74) is 1.11. The van der Waals surface area contributed by atoms with Crippen LogP contribution in [-0.4, -0.2) is 32.1 Å². The van der Waals surface area contributed by atoms with Crippen LogP contribution in [0.5, 0.6) is 11.5 Å². The van der Waals surface area contributed by atoms with Crippen LogP contribution in [0.25, 0.3) is 0 Å². The second-order valence-electron chi connectivity index (χ2n) is 7.01. The lowest BCUT2D eigenvalue weighted by atomic mass is 10.0. The Bertz CT molecular complexity index is 870. The van der Waals surface area contributed by atoms with Crippen molar-refractivity contribution in [3.05, 3.63) is 58.6 Å². The molecule has 0 heterocycles. The molecule has 0 fully saturated rings. The number of nitrogens with one attached hydrogen (secondary N) is 2. The second-order valence-corrected chi connectivity index (χ2v) is 7.42. The van der Waals surface area contributed by atoms with Gasteiger partial charge in [0, 0.05) is 5.56 Å². The average Bonchev–Trinajstić information content (AvgIpc) is 2.71. The second kappa shape index (κ2) is 10.2. The topological polar surface area (TPSA) is 76.7 Å². The van der Waals surface area contributed by atoms with Crippen LogP contribution >= 0.6 is 11.6 Å². The van der Waals surface area contributed by atoms with Gasteiger partial charge in [-0.05, 0) is 43.2 Å². The molecule has 2 N–H and O–H groups in total. The number of ether oxygens (including phenoxy) is 2. The SMILES string of the molecule is COc1ccc(OC)c(C(C)NC(=O)C(NC(=O)c2ccccc2Cl)C(C)C)c1. The average molecular weight is 419 g/mol. The van der Waals surface area contributed by atoms with Crippen LogP contribution in [0.15, 0.2) is 42.5 Å². The van der Waals surface area contributed by atoms with Gasteiger partial charge in [0.1, 0.15) is 17.5 Å². The maximum atomic E-state index is 12.9. The monoisotopic (exact) mass is 418 g/mol. The van der Waals surface area contributed by atoms with E-state index in [1.807, 2.05) is 26.8 Å². The van der Waals surface area contributed by atoms with Gasteiger partial charge in [-0.15, -0.1) is 0 Å². The minimum absolute atomic E-state index is 0.124. The molecule has 2 aromatic rings. The third-order valence-electron chi connectivity index (χ3n) is 4.62. The summed E-state index contributed by atoms with van der Waals surface area (Å²) in [5, 5.41) is 6.08. The fraction of sp³-hybridized carbons (Fsp3) is 0.364. The van der Waals surface area contributed by atoms with Gasteiger partial charge in [0.05, 0.1) is 30.8 Å². The zero-order valence-corrected chi connectivity index (χ0v) is 18.0. The van der Waals surface area contributed by atoms with Gasteiger partial charge in [0.2, 0.25) is 5.91 Å². The molecule has 2 rings (SSSR count). The van der Waals surface area contributed by atoms with E-state index < -0.39 is 11.9 Å². The summed E-state index contributed by atoms with van der Waals surface area (Å²) in [6.07, 6.45) is 0. The van der Waals surface area contributed by atoms with Crippen molar-refractivity contribution in [2.45, 2.75) is 32.9 Å². The number of rotatable bonds is 8. The van der Waals surface area contributed by atoms with Gasteiger partial charge in [0.15, 0.2) is 0 Å². The molecule has 2 atom stereocenters. The zero-order valence-electron chi connectivity index (χ0n) is 17.3. The predicted molar refractivity (Wildman–Crippen MR) is 114 cm³/mol. The highest BCUT2D eigenvalue weighted by atomic mass is 35.5. The Hall–Kier alpha value is -2.73. The highest BCUT2D eigenvalue weighted by Crippen LogP contribution is 2.29. The molecule has 156 valence electrons. The van der Waals surface area contributed by atoms with E-state index in [1.54, 1.807) is 50.6 Å². The summed E-state index contributed by atoms with van der Waals surface area (Å²) in [6, 6.07) is 11.0. The Labute approximate surface area is 176 Å². The first-order valence-corrected chi connectivity index (χ1v) is 9.74. The number of carbonyl (C=O) groups is 2. The van der Waals surface area contributed by atoms with Crippen molar-refractivity contribution in [2.24, 2.45) is 5.92 Å². The van der Waals surface area contributed by atoms with Crippen LogP contribution in [0.4, 0.5) is 0 Å². The molecule has 0 aliphatic heterocycles.